The molecule has 24 heavy (non-hydrogen) atoms. The van der Waals surface area contributed by atoms with Crippen LogP contribution in [0.2, 0.25) is 5.02 Å². The fraction of sp³-hybridized carbons (Fsp3) is 0.312. The molecular formula is C16H19ClN4O3. The number of halogens is 1. The van der Waals surface area contributed by atoms with Crippen molar-refractivity contribution in [2.75, 3.05) is 38.0 Å². The minimum atomic E-state index is -0.394. The Morgan fingerprint density at radius 2 is 2.08 bits per heavy atom. The second-order valence-corrected chi connectivity index (χ2v) is 5.30. The van der Waals surface area contributed by atoms with Gasteiger partial charge in [0.25, 0.3) is 5.91 Å². The number of amides is 1. The van der Waals surface area contributed by atoms with E-state index in [9.17, 15) is 4.79 Å². The van der Waals surface area contributed by atoms with E-state index in [0.29, 0.717) is 35.4 Å². The number of rotatable bonds is 8. The summed E-state index contributed by atoms with van der Waals surface area (Å²) in [7, 11) is 3.17. The second kappa shape index (κ2) is 9.05. The Kier molecular flexibility index (Phi) is 6.77. The van der Waals surface area contributed by atoms with Gasteiger partial charge in [0.05, 0.1) is 25.2 Å². The van der Waals surface area contributed by atoms with Crippen LogP contribution in [0.5, 0.6) is 5.75 Å². The standard InChI is InChI=1S/C16H19ClN4O3/c1-23-7-3-6-18-15-10-19-13(9-20-15)16(22)21-12-8-11(17)4-5-14(12)24-2/h4-5,8-10H,3,6-7H2,1-2H3,(H,18,20)(H,21,22). The Labute approximate surface area is 145 Å². The first kappa shape index (κ1) is 18.0. The molecule has 0 aliphatic rings. The number of methoxy groups -OCH3 is 2. The number of aromatic nitrogens is 2. The Balaban J connectivity index is 1.99. The minimum Gasteiger partial charge on any atom is -0.495 e. The summed E-state index contributed by atoms with van der Waals surface area (Å²) in [6, 6.07) is 4.97. The van der Waals surface area contributed by atoms with Crippen molar-refractivity contribution in [3.63, 3.8) is 0 Å². The van der Waals surface area contributed by atoms with Crippen molar-refractivity contribution in [3.8, 4) is 5.75 Å². The molecule has 0 atom stereocenters. The molecule has 0 spiro atoms. The topological polar surface area (TPSA) is 85.4 Å². The second-order valence-electron chi connectivity index (χ2n) is 4.86. The third kappa shape index (κ3) is 5.07. The van der Waals surface area contributed by atoms with Crippen LogP contribution in [0.4, 0.5) is 11.5 Å². The van der Waals surface area contributed by atoms with Crippen LogP contribution in [0.25, 0.3) is 0 Å². The highest BCUT2D eigenvalue weighted by molar-refractivity contribution is 6.31. The van der Waals surface area contributed by atoms with Gasteiger partial charge in [-0.05, 0) is 24.6 Å². The third-order valence-electron chi connectivity index (χ3n) is 3.13. The highest BCUT2D eigenvalue weighted by atomic mass is 35.5. The smallest absolute Gasteiger partial charge is 0.275 e. The number of anilines is 2. The maximum atomic E-state index is 12.3. The summed E-state index contributed by atoms with van der Waals surface area (Å²) in [4.78, 5) is 20.5. The molecule has 2 aromatic rings. The average Bonchev–Trinajstić information content (AvgIpc) is 2.59. The molecule has 2 rings (SSSR count). The largest absolute Gasteiger partial charge is 0.495 e. The molecule has 1 aromatic heterocycles. The molecule has 1 heterocycles. The van der Waals surface area contributed by atoms with Crippen molar-refractivity contribution in [2.24, 2.45) is 0 Å². The van der Waals surface area contributed by atoms with E-state index in [4.69, 9.17) is 21.1 Å². The van der Waals surface area contributed by atoms with Gasteiger partial charge in [-0.2, -0.15) is 0 Å². The van der Waals surface area contributed by atoms with Crippen LogP contribution in [-0.2, 0) is 4.74 Å². The van der Waals surface area contributed by atoms with Crippen molar-refractivity contribution in [2.45, 2.75) is 6.42 Å². The Morgan fingerprint density at radius 3 is 2.75 bits per heavy atom. The van der Waals surface area contributed by atoms with Gasteiger partial charge < -0.3 is 20.1 Å². The Bertz CT molecular complexity index is 680. The number of hydrogen-bond donors (Lipinski definition) is 2. The summed E-state index contributed by atoms with van der Waals surface area (Å²) < 4.78 is 10.2. The zero-order valence-corrected chi connectivity index (χ0v) is 14.3. The lowest BCUT2D eigenvalue weighted by atomic mass is 10.2. The van der Waals surface area contributed by atoms with E-state index >= 15 is 0 Å². The summed E-state index contributed by atoms with van der Waals surface area (Å²) in [6.45, 7) is 1.39. The molecule has 0 bridgehead atoms. The van der Waals surface area contributed by atoms with E-state index in [-0.39, 0.29) is 5.69 Å². The average molecular weight is 351 g/mol. The zero-order chi connectivity index (χ0) is 17.4. The number of hydrogen-bond acceptors (Lipinski definition) is 6. The monoisotopic (exact) mass is 350 g/mol. The first-order chi connectivity index (χ1) is 11.6. The number of benzene rings is 1. The molecule has 8 heteroatoms. The molecule has 1 amide bonds. The molecule has 0 saturated carbocycles. The van der Waals surface area contributed by atoms with Crippen LogP contribution >= 0.6 is 11.6 Å². The molecule has 1 aromatic carbocycles. The molecule has 0 fully saturated rings. The summed E-state index contributed by atoms with van der Waals surface area (Å²) in [6.07, 6.45) is 3.77. The van der Waals surface area contributed by atoms with E-state index < -0.39 is 5.91 Å². The SMILES string of the molecule is COCCCNc1cnc(C(=O)Nc2cc(Cl)ccc2OC)cn1. The Morgan fingerprint density at radius 1 is 1.25 bits per heavy atom. The van der Waals surface area contributed by atoms with Gasteiger partial charge in [0.15, 0.2) is 0 Å². The summed E-state index contributed by atoms with van der Waals surface area (Å²) in [5.74, 6) is 0.717. The molecule has 0 aliphatic heterocycles. The third-order valence-corrected chi connectivity index (χ3v) is 3.36. The number of nitrogens with one attached hydrogen (secondary N) is 2. The molecule has 0 aliphatic carbocycles. The minimum absolute atomic E-state index is 0.194. The van der Waals surface area contributed by atoms with Gasteiger partial charge in [-0.1, -0.05) is 11.6 Å². The summed E-state index contributed by atoms with van der Waals surface area (Å²) >= 11 is 5.94. The molecule has 0 unspecified atom stereocenters. The molecule has 0 saturated heterocycles. The number of carbonyl (C=O) groups is 1. The van der Waals surface area contributed by atoms with Crippen LogP contribution in [0.3, 0.4) is 0 Å². The van der Waals surface area contributed by atoms with Gasteiger partial charge in [-0.25, -0.2) is 9.97 Å². The lowest BCUT2D eigenvalue weighted by molar-refractivity contribution is 0.102. The van der Waals surface area contributed by atoms with Gasteiger partial charge in [0, 0.05) is 25.3 Å². The lowest BCUT2D eigenvalue weighted by Crippen LogP contribution is -2.15. The molecule has 7 nitrogen and oxygen atoms in total. The quantitative estimate of drug-likeness (QED) is 0.712. The van der Waals surface area contributed by atoms with E-state index in [0.717, 1.165) is 6.42 Å². The van der Waals surface area contributed by atoms with Crippen LogP contribution in [0.15, 0.2) is 30.6 Å². The van der Waals surface area contributed by atoms with Crippen LogP contribution in [0, 0.1) is 0 Å². The van der Waals surface area contributed by atoms with Crippen molar-refractivity contribution in [1.29, 1.82) is 0 Å². The van der Waals surface area contributed by atoms with Gasteiger partial charge in [0.1, 0.15) is 17.3 Å². The first-order valence-electron chi connectivity index (χ1n) is 7.33. The molecule has 0 radical (unpaired) electrons. The van der Waals surface area contributed by atoms with E-state index in [1.165, 1.54) is 19.5 Å². The fourth-order valence-corrected chi connectivity index (χ4v) is 2.11. The normalized spacial score (nSPS) is 10.3. The predicted octanol–water partition coefficient (Wildman–Crippen LogP) is 2.84. The van der Waals surface area contributed by atoms with Crippen LogP contribution in [0.1, 0.15) is 16.9 Å². The van der Waals surface area contributed by atoms with Crippen LogP contribution in [-0.4, -0.2) is 43.2 Å². The predicted molar refractivity (Wildman–Crippen MR) is 93.0 cm³/mol. The molecule has 128 valence electrons. The number of carbonyl (C=O) groups excluding carboxylic acids is 1. The summed E-state index contributed by atoms with van der Waals surface area (Å²) in [5.41, 5.74) is 0.665. The number of nitrogens with zero attached hydrogens (tertiary/aromatic N) is 2. The van der Waals surface area contributed by atoms with E-state index in [1.54, 1.807) is 25.3 Å². The highest BCUT2D eigenvalue weighted by Crippen LogP contribution is 2.27. The number of ether oxygens (including phenoxy) is 2. The van der Waals surface area contributed by atoms with Gasteiger partial charge in [-0.3, -0.25) is 4.79 Å². The first-order valence-corrected chi connectivity index (χ1v) is 7.71. The van der Waals surface area contributed by atoms with Crippen molar-refractivity contribution >= 4 is 29.0 Å². The van der Waals surface area contributed by atoms with Gasteiger partial charge in [0.2, 0.25) is 0 Å². The van der Waals surface area contributed by atoms with Crippen LogP contribution < -0.4 is 15.4 Å². The maximum absolute atomic E-state index is 12.3. The maximum Gasteiger partial charge on any atom is 0.275 e. The Hall–Kier alpha value is -2.38. The molecular weight excluding hydrogens is 332 g/mol. The van der Waals surface area contributed by atoms with Gasteiger partial charge >= 0.3 is 0 Å². The van der Waals surface area contributed by atoms with Crippen molar-refractivity contribution in [1.82, 2.24) is 9.97 Å². The lowest BCUT2D eigenvalue weighted by Gasteiger charge is -2.10. The van der Waals surface area contributed by atoms with E-state index in [2.05, 4.69) is 20.6 Å². The zero-order valence-electron chi connectivity index (χ0n) is 13.5. The molecule has 2 N–H and O–H groups in total. The van der Waals surface area contributed by atoms with Crippen molar-refractivity contribution in [3.05, 3.63) is 41.3 Å². The summed E-state index contributed by atoms with van der Waals surface area (Å²) in [5, 5.41) is 6.30. The highest BCUT2D eigenvalue weighted by Gasteiger charge is 2.12. The van der Waals surface area contributed by atoms with Gasteiger partial charge in [-0.15, -0.1) is 0 Å². The van der Waals surface area contributed by atoms with Crippen molar-refractivity contribution < 1.29 is 14.3 Å². The fourth-order valence-electron chi connectivity index (χ4n) is 1.93. The van der Waals surface area contributed by atoms with E-state index in [1.807, 2.05) is 0 Å².